The summed E-state index contributed by atoms with van der Waals surface area (Å²) in [5.41, 5.74) is 1.00. The van der Waals surface area contributed by atoms with Gasteiger partial charge in [-0.05, 0) is 25.5 Å². The fourth-order valence-corrected chi connectivity index (χ4v) is 2.95. The molecule has 5 heteroatoms. The molecule has 1 aromatic carbocycles. The predicted octanol–water partition coefficient (Wildman–Crippen LogP) is 0.963. The fraction of sp³-hybridized carbons (Fsp3) is 0.333. The van der Waals surface area contributed by atoms with Gasteiger partial charge >= 0.3 is 0 Å². The minimum absolute atomic E-state index is 0.218. The van der Waals surface area contributed by atoms with Gasteiger partial charge in [0.1, 0.15) is 0 Å². The van der Waals surface area contributed by atoms with Crippen LogP contribution in [0.2, 0.25) is 0 Å². The van der Waals surface area contributed by atoms with E-state index >= 15 is 0 Å². The lowest BCUT2D eigenvalue weighted by molar-refractivity contribution is 0.167. The number of aryl methyl sites for hydroxylation is 1. The Bertz CT molecular complexity index is 519. The van der Waals surface area contributed by atoms with E-state index in [0.29, 0.717) is 6.42 Å². The van der Waals surface area contributed by atoms with E-state index < -0.39 is 22.2 Å². The molecule has 4 nitrogen and oxygen atoms in total. The van der Waals surface area contributed by atoms with Crippen molar-refractivity contribution in [2.24, 2.45) is 0 Å². The van der Waals surface area contributed by atoms with Gasteiger partial charge in [0.05, 0.1) is 17.0 Å². The third kappa shape index (κ3) is 2.74. The monoisotopic (exact) mass is 253 g/mol. The lowest BCUT2D eigenvalue weighted by Crippen LogP contribution is -2.39. The summed E-state index contributed by atoms with van der Waals surface area (Å²) in [5.74, 6) is 0. The van der Waals surface area contributed by atoms with Crippen molar-refractivity contribution in [3.8, 4) is 0 Å². The summed E-state index contributed by atoms with van der Waals surface area (Å²) in [4.78, 5) is 0.218. The molecule has 0 aromatic heterocycles. The van der Waals surface area contributed by atoms with E-state index in [1.54, 1.807) is 36.4 Å². The summed E-state index contributed by atoms with van der Waals surface area (Å²) in [6.45, 7) is 1.90. The maximum Gasteiger partial charge on any atom is 0.241 e. The molecule has 2 N–H and O–H groups in total. The van der Waals surface area contributed by atoms with Crippen molar-refractivity contribution in [1.82, 2.24) is 4.72 Å². The first kappa shape index (κ1) is 12.3. The maximum absolute atomic E-state index is 12.0. The second-order valence-electron chi connectivity index (χ2n) is 4.19. The normalized spacial score (nSPS) is 24.1. The third-order valence-corrected chi connectivity index (χ3v) is 4.23. The number of hydrogen-bond acceptors (Lipinski definition) is 3. The van der Waals surface area contributed by atoms with Crippen LogP contribution in [0.4, 0.5) is 0 Å². The number of aliphatic hydroxyl groups excluding tert-OH is 1. The van der Waals surface area contributed by atoms with Crippen LogP contribution in [0.5, 0.6) is 0 Å². The van der Waals surface area contributed by atoms with E-state index in [9.17, 15) is 13.5 Å². The molecular formula is C12H15NO3S. The molecule has 0 heterocycles. The highest BCUT2D eigenvalue weighted by Gasteiger charge is 2.26. The van der Waals surface area contributed by atoms with Crippen molar-refractivity contribution < 1.29 is 13.5 Å². The van der Waals surface area contributed by atoms with Crippen molar-refractivity contribution in [3.63, 3.8) is 0 Å². The zero-order valence-corrected chi connectivity index (χ0v) is 10.3. The minimum atomic E-state index is -3.55. The molecule has 1 aliphatic rings. The highest BCUT2D eigenvalue weighted by Crippen LogP contribution is 2.15. The predicted molar refractivity (Wildman–Crippen MR) is 65.1 cm³/mol. The van der Waals surface area contributed by atoms with Crippen molar-refractivity contribution in [2.75, 3.05) is 0 Å². The van der Waals surface area contributed by atoms with E-state index in [2.05, 4.69) is 4.72 Å². The van der Waals surface area contributed by atoms with Crippen LogP contribution in [0, 0.1) is 6.92 Å². The van der Waals surface area contributed by atoms with Crippen molar-refractivity contribution in [1.29, 1.82) is 0 Å². The van der Waals surface area contributed by atoms with E-state index in [-0.39, 0.29) is 4.90 Å². The summed E-state index contributed by atoms with van der Waals surface area (Å²) in [5, 5.41) is 9.55. The largest absolute Gasteiger partial charge is 0.391 e. The highest BCUT2D eigenvalue weighted by molar-refractivity contribution is 7.89. The first-order valence-electron chi connectivity index (χ1n) is 5.43. The number of rotatable bonds is 3. The first-order valence-corrected chi connectivity index (χ1v) is 6.91. The second kappa shape index (κ2) is 4.60. The number of hydrogen-bond donors (Lipinski definition) is 2. The Kier molecular flexibility index (Phi) is 3.33. The number of nitrogens with one attached hydrogen (secondary N) is 1. The van der Waals surface area contributed by atoms with Crippen molar-refractivity contribution in [2.45, 2.75) is 30.4 Å². The zero-order valence-electron chi connectivity index (χ0n) is 9.50. The Morgan fingerprint density at radius 1 is 1.29 bits per heavy atom. The van der Waals surface area contributed by atoms with Gasteiger partial charge in [0.25, 0.3) is 0 Å². The van der Waals surface area contributed by atoms with Gasteiger partial charge in [0, 0.05) is 0 Å². The van der Waals surface area contributed by atoms with E-state index in [4.69, 9.17) is 0 Å². The molecule has 0 aliphatic heterocycles. The summed E-state index contributed by atoms with van der Waals surface area (Å²) in [7, 11) is -3.55. The summed E-state index contributed by atoms with van der Waals surface area (Å²) in [6, 6.07) is 6.08. The topological polar surface area (TPSA) is 66.4 Å². The van der Waals surface area contributed by atoms with Crippen LogP contribution < -0.4 is 4.72 Å². The molecule has 92 valence electrons. The first-order chi connectivity index (χ1) is 7.99. The molecule has 0 amide bonds. The maximum atomic E-state index is 12.0. The van der Waals surface area contributed by atoms with Crippen LogP contribution in [0.3, 0.4) is 0 Å². The van der Waals surface area contributed by atoms with E-state index in [1.807, 2.05) is 6.92 Å². The zero-order chi connectivity index (χ0) is 12.5. The number of benzene rings is 1. The van der Waals surface area contributed by atoms with E-state index in [0.717, 1.165) is 5.56 Å². The van der Waals surface area contributed by atoms with E-state index in [1.165, 1.54) is 0 Å². The SMILES string of the molecule is Cc1ccc(S(=O)(=O)N[C@H]2C=CC[C@H]2O)cc1. The van der Waals surface area contributed by atoms with Gasteiger partial charge in [-0.15, -0.1) is 0 Å². The second-order valence-corrected chi connectivity index (χ2v) is 5.91. The molecule has 0 radical (unpaired) electrons. The van der Waals surface area contributed by atoms with Crippen LogP contribution in [-0.2, 0) is 10.0 Å². The van der Waals surface area contributed by atoms with Crippen LogP contribution >= 0.6 is 0 Å². The number of aliphatic hydroxyl groups is 1. The Labute approximate surface area is 101 Å². The number of sulfonamides is 1. The molecule has 0 saturated carbocycles. The highest BCUT2D eigenvalue weighted by atomic mass is 32.2. The van der Waals surface area contributed by atoms with Gasteiger partial charge < -0.3 is 5.11 Å². The molecule has 0 spiro atoms. The minimum Gasteiger partial charge on any atom is -0.391 e. The standard InChI is InChI=1S/C12H15NO3S/c1-9-5-7-10(8-6-9)17(15,16)13-11-3-2-4-12(11)14/h2-3,5-8,11-14H,4H2,1H3/t11-,12+/m0/s1. The van der Waals surface area contributed by atoms with Crippen molar-refractivity contribution in [3.05, 3.63) is 42.0 Å². The molecule has 0 unspecified atom stereocenters. The third-order valence-electron chi connectivity index (χ3n) is 2.76. The molecule has 0 fully saturated rings. The van der Waals surface area contributed by atoms with Gasteiger partial charge in [0.2, 0.25) is 10.0 Å². The summed E-state index contributed by atoms with van der Waals surface area (Å²) in [6.07, 6.45) is 3.26. The van der Waals surface area contributed by atoms with Gasteiger partial charge in [-0.25, -0.2) is 13.1 Å². The van der Waals surface area contributed by atoms with Crippen LogP contribution in [-0.4, -0.2) is 25.7 Å². The fourth-order valence-electron chi connectivity index (χ4n) is 1.72. The average Bonchev–Trinajstić information content (AvgIpc) is 2.64. The summed E-state index contributed by atoms with van der Waals surface area (Å²) >= 11 is 0. The molecule has 1 aliphatic carbocycles. The Morgan fingerprint density at radius 2 is 1.94 bits per heavy atom. The smallest absolute Gasteiger partial charge is 0.241 e. The molecule has 0 saturated heterocycles. The Balaban J connectivity index is 2.19. The Morgan fingerprint density at radius 3 is 2.47 bits per heavy atom. The van der Waals surface area contributed by atoms with Gasteiger partial charge in [-0.2, -0.15) is 0 Å². The van der Waals surface area contributed by atoms with Crippen LogP contribution in [0.1, 0.15) is 12.0 Å². The van der Waals surface area contributed by atoms with Crippen LogP contribution in [0.25, 0.3) is 0 Å². The Hall–Kier alpha value is -1.17. The quantitative estimate of drug-likeness (QED) is 0.789. The van der Waals surface area contributed by atoms with Gasteiger partial charge in [-0.1, -0.05) is 29.8 Å². The lowest BCUT2D eigenvalue weighted by atomic mass is 10.2. The van der Waals surface area contributed by atoms with Crippen LogP contribution in [0.15, 0.2) is 41.3 Å². The van der Waals surface area contributed by atoms with Gasteiger partial charge in [-0.3, -0.25) is 0 Å². The lowest BCUT2D eigenvalue weighted by Gasteiger charge is -2.15. The molecule has 2 rings (SSSR count). The van der Waals surface area contributed by atoms with Crippen molar-refractivity contribution >= 4 is 10.0 Å². The van der Waals surface area contributed by atoms with Gasteiger partial charge in [0.15, 0.2) is 0 Å². The summed E-state index contributed by atoms with van der Waals surface area (Å²) < 4.78 is 26.5. The molecule has 0 bridgehead atoms. The molecule has 1 aromatic rings. The molecule has 17 heavy (non-hydrogen) atoms. The average molecular weight is 253 g/mol. The molecule has 2 atom stereocenters. The molecular weight excluding hydrogens is 238 g/mol.